The summed E-state index contributed by atoms with van der Waals surface area (Å²) < 4.78 is 26.2. The number of hydrogen-bond donors (Lipinski definition) is 2. The number of aromatic carboxylic acids is 1. The highest BCUT2D eigenvalue weighted by Gasteiger charge is 2.25. The fourth-order valence-corrected chi connectivity index (χ4v) is 3.46. The molecule has 1 saturated heterocycles. The van der Waals surface area contributed by atoms with E-state index in [1.165, 1.54) is 28.6 Å². The Labute approximate surface area is 112 Å². The van der Waals surface area contributed by atoms with Crippen molar-refractivity contribution >= 4 is 16.0 Å². The Morgan fingerprint density at radius 3 is 2.47 bits per heavy atom. The van der Waals surface area contributed by atoms with E-state index in [9.17, 15) is 13.2 Å². The lowest BCUT2D eigenvalue weighted by atomic mass is 10.2. The smallest absolute Gasteiger partial charge is 0.335 e. The summed E-state index contributed by atoms with van der Waals surface area (Å²) in [6, 6.07) is 5.31. The second-order valence-electron chi connectivity index (χ2n) is 4.34. The number of nitrogens with zero attached hydrogens (tertiary/aromatic N) is 1. The number of rotatable bonds is 3. The zero-order chi connectivity index (χ0) is 13.9. The number of carbonyl (C=O) groups is 1. The van der Waals surface area contributed by atoms with Gasteiger partial charge in [0.15, 0.2) is 0 Å². The third-order valence-corrected chi connectivity index (χ3v) is 4.95. The van der Waals surface area contributed by atoms with Crippen molar-refractivity contribution in [2.75, 3.05) is 26.2 Å². The average molecular weight is 284 g/mol. The van der Waals surface area contributed by atoms with E-state index in [-0.39, 0.29) is 10.5 Å². The molecule has 1 fully saturated rings. The number of carboxylic acids is 1. The van der Waals surface area contributed by atoms with Gasteiger partial charge >= 0.3 is 5.97 Å². The van der Waals surface area contributed by atoms with Crippen LogP contribution in [0.4, 0.5) is 0 Å². The summed E-state index contributed by atoms with van der Waals surface area (Å²) in [5.41, 5.74) is 0.0801. The van der Waals surface area contributed by atoms with Crippen LogP contribution in [-0.2, 0) is 10.0 Å². The molecule has 1 aliphatic heterocycles. The standard InChI is InChI=1S/C12H16N2O4S/c15-12(16)10-2-4-11(5-3-10)19(17,18)14-8-1-6-13-7-9-14/h2-5,13H,1,6-9H2,(H,15,16). The Morgan fingerprint density at radius 2 is 1.84 bits per heavy atom. The first-order valence-corrected chi connectivity index (χ1v) is 7.50. The van der Waals surface area contributed by atoms with Gasteiger partial charge in [-0.05, 0) is 37.2 Å². The average Bonchev–Trinajstić information content (AvgIpc) is 2.68. The molecule has 0 atom stereocenters. The van der Waals surface area contributed by atoms with Gasteiger partial charge in [-0.15, -0.1) is 0 Å². The number of hydrogen-bond acceptors (Lipinski definition) is 4. The summed E-state index contributed by atoms with van der Waals surface area (Å²) in [5.74, 6) is -1.07. The summed E-state index contributed by atoms with van der Waals surface area (Å²) in [4.78, 5) is 10.9. The summed E-state index contributed by atoms with van der Waals surface area (Å²) in [6.07, 6.45) is 0.770. The predicted molar refractivity (Wildman–Crippen MR) is 69.6 cm³/mol. The second-order valence-corrected chi connectivity index (χ2v) is 6.28. The van der Waals surface area contributed by atoms with E-state index in [0.29, 0.717) is 19.6 Å². The van der Waals surface area contributed by atoms with Crippen LogP contribution in [0.5, 0.6) is 0 Å². The third-order valence-electron chi connectivity index (χ3n) is 3.04. The van der Waals surface area contributed by atoms with Crippen LogP contribution in [0.15, 0.2) is 29.2 Å². The minimum atomic E-state index is -3.53. The maximum Gasteiger partial charge on any atom is 0.335 e. The van der Waals surface area contributed by atoms with Crippen molar-refractivity contribution in [1.82, 2.24) is 9.62 Å². The molecule has 2 rings (SSSR count). The van der Waals surface area contributed by atoms with Crippen LogP contribution in [-0.4, -0.2) is 50.0 Å². The molecule has 6 nitrogen and oxygen atoms in total. The topological polar surface area (TPSA) is 86.7 Å². The van der Waals surface area contributed by atoms with Crippen molar-refractivity contribution in [3.8, 4) is 0 Å². The molecule has 0 radical (unpaired) electrons. The zero-order valence-electron chi connectivity index (χ0n) is 10.4. The lowest BCUT2D eigenvalue weighted by Gasteiger charge is -2.19. The van der Waals surface area contributed by atoms with Crippen LogP contribution in [0, 0.1) is 0 Å². The molecule has 0 spiro atoms. The molecule has 104 valence electrons. The number of sulfonamides is 1. The highest BCUT2D eigenvalue weighted by molar-refractivity contribution is 7.89. The molecule has 1 aromatic carbocycles. The van der Waals surface area contributed by atoms with Crippen LogP contribution in [0.2, 0.25) is 0 Å². The van der Waals surface area contributed by atoms with E-state index in [4.69, 9.17) is 5.11 Å². The van der Waals surface area contributed by atoms with Gasteiger partial charge in [-0.3, -0.25) is 0 Å². The molecule has 1 heterocycles. The van der Waals surface area contributed by atoms with E-state index in [2.05, 4.69) is 5.32 Å². The van der Waals surface area contributed by atoms with Gasteiger partial charge in [0.2, 0.25) is 10.0 Å². The lowest BCUT2D eigenvalue weighted by Crippen LogP contribution is -2.34. The summed E-state index contributed by atoms with van der Waals surface area (Å²) in [6.45, 7) is 2.36. The van der Waals surface area contributed by atoms with Crippen LogP contribution in [0.3, 0.4) is 0 Å². The van der Waals surface area contributed by atoms with Crippen molar-refractivity contribution in [2.45, 2.75) is 11.3 Å². The maximum absolute atomic E-state index is 12.4. The molecule has 19 heavy (non-hydrogen) atoms. The van der Waals surface area contributed by atoms with Gasteiger partial charge in [-0.25, -0.2) is 13.2 Å². The Morgan fingerprint density at radius 1 is 1.16 bits per heavy atom. The molecule has 1 aliphatic rings. The fourth-order valence-electron chi connectivity index (χ4n) is 1.98. The SMILES string of the molecule is O=C(O)c1ccc(S(=O)(=O)N2CCCNCC2)cc1. The molecule has 0 aromatic heterocycles. The molecule has 7 heteroatoms. The summed E-state index contributed by atoms with van der Waals surface area (Å²) >= 11 is 0. The largest absolute Gasteiger partial charge is 0.478 e. The first-order chi connectivity index (χ1) is 9.01. The van der Waals surface area contributed by atoms with E-state index in [1.54, 1.807) is 0 Å². The number of carboxylic acid groups (broad SMARTS) is 1. The molecule has 1 aromatic rings. The van der Waals surface area contributed by atoms with Crippen LogP contribution in [0.1, 0.15) is 16.8 Å². The monoisotopic (exact) mass is 284 g/mol. The third kappa shape index (κ3) is 3.12. The van der Waals surface area contributed by atoms with Crippen molar-refractivity contribution in [2.24, 2.45) is 0 Å². The normalized spacial score (nSPS) is 17.9. The molecule has 0 saturated carbocycles. The van der Waals surface area contributed by atoms with Gasteiger partial charge in [0.1, 0.15) is 0 Å². The molecular formula is C12H16N2O4S. The van der Waals surface area contributed by atoms with Crippen molar-refractivity contribution in [1.29, 1.82) is 0 Å². The van der Waals surface area contributed by atoms with E-state index in [0.717, 1.165) is 13.0 Å². The molecule has 0 bridgehead atoms. The van der Waals surface area contributed by atoms with Crippen molar-refractivity contribution < 1.29 is 18.3 Å². The van der Waals surface area contributed by atoms with Gasteiger partial charge in [-0.1, -0.05) is 0 Å². The Balaban J connectivity index is 2.25. The summed E-state index contributed by atoms with van der Waals surface area (Å²) in [5, 5.41) is 11.9. The molecule has 0 aliphatic carbocycles. The van der Waals surface area contributed by atoms with E-state index < -0.39 is 16.0 Å². The van der Waals surface area contributed by atoms with Gasteiger partial charge in [-0.2, -0.15) is 4.31 Å². The Bertz CT molecular complexity index is 546. The minimum absolute atomic E-state index is 0.0801. The quantitative estimate of drug-likeness (QED) is 0.837. The minimum Gasteiger partial charge on any atom is -0.478 e. The molecule has 2 N–H and O–H groups in total. The second kappa shape index (κ2) is 5.68. The van der Waals surface area contributed by atoms with Crippen molar-refractivity contribution in [3.05, 3.63) is 29.8 Å². The molecule has 0 amide bonds. The van der Waals surface area contributed by atoms with Crippen LogP contribution >= 0.6 is 0 Å². The number of nitrogens with one attached hydrogen (secondary N) is 1. The predicted octanol–water partition coefficient (Wildman–Crippen LogP) is 0.369. The highest BCUT2D eigenvalue weighted by atomic mass is 32.2. The van der Waals surface area contributed by atoms with Crippen LogP contribution < -0.4 is 5.32 Å². The highest BCUT2D eigenvalue weighted by Crippen LogP contribution is 2.17. The first-order valence-electron chi connectivity index (χ1n) is 6.06. The van der Waals surface area contributed by atoms with Gasteiger partial charge < -0.3 is 10.4 Å². The van der Waals surface area contributed by atoms with Gasteiger partial charge in [0.25, 0.3) is 0 Å². The van der Waals surface area contributed by atoms with E-state index in [1.807, 2.05) is 0 Å². The molecule has 0 unspecified atom stereocenters. The maximum atomic E-state index is 12.4. The number of benzene rings is 1. The summed E-state index contributed by atoms with van der Waals surface area (Å²) in [7, 11) is -3.53. The zero-order valence-corrected chi connectivity index (χ0v) is 11.2. The van der Waals surface area contributed by atoms with Crippen molar-refractivity contribution in [3.63, 3.8) is 0 Å². The van der Waals surface area contributed by atoms with Gasteiger partial charge in [0, 0.05) is 19.6 Å². The van der Waals surface area contributed by atoms with Gasteiger partial charge in [0.05, 0.1) is 10.5 Å². The lowest BCUT2D eigenvalue weighted by molar-refractivity contribution is 0.0696. The van der Waals surface area contributed by atoms with Crippen LogP contribution in [0.25, 0.3) is 0 Å². The Hall–Kier alpha value is -1.44. The fraction of sp³-hybridized carbons (Fsp3) is 0.417. The van der Waals surface area contributed by atoms with E-state index >= 15 is 0 Å². The molecular weight excluding hydrogens is 268 g/mol. The Kier molecular flexibility index (Phi) is 4.18. The first kappa shape index (κ1) is 14.0.